The largest absolute Gasteiger partial charge is 0.494 e. The summed E-state index contributed by atoms with van der Waals surface area (Å²) < 4.78 is 35.7. The van der Waals surface area contributed by atoms with Gasteiger partial charge in [-0.3, -0.25) is 0 Å². The lowest BCUT2D eigenvalue weighted by Gasteiger charge is -2.30. The predicted octanol–water partition coefficient (Wildman–Crippen LogP) is 3.85. The summed E-state index contributed by atoms with van der Waals surface area (Å²) in [5, 5.41) is 0. The minimum absolute atomic E-state index is 0.221. The van der Waals surface area contributed by atoms with Gasteiger partial charge in [-0.05, 0) is 63.2 Å². The van der Waals surface area contributed by atoms with E-state index in [2.05, 4.69) is 25.2 Å². The molecule has 2 aliphatic heterocycles. The van der Waals surface area contributed by atoms with Crippen molar-refractivity contribution in [2.45, 2.75) is 24.2 Å². The highest BCUT2D eigenvalue weighted by molar-refractivity contribution is 9.10. The first-order valence-electron chi connectivity index (χ1n) is 9.13. The van der Waals surface area contributed by atoms with Crippen molar-refractivity contribution in [3.8, 4) is 5.75 Å². The number of nitrogens with zero attached hydrogens (tertiary/aromatic N) is 2. The van der Waals surface area contributed by atoms with E-state index < -0.39 is 10.0 Å². The Labute approximate surface area is 168 Å². The topological polar surface area (TPSA) is 59.0 Å². The van der Waals surface area contributed by atoms with Crippen molar-refractivity contribution in [2.75, 3.05) is 26.2 Å². The van der Waals surface area contributed by atoms with Crippen LogP contribution in [0.25, 0.3) is 0 Å². The third-order valence-electron chi connectivity index (χ3n) is 4.90. The van der Waals surface area contributed by atoms with E-state index >= 15 is 0 Å². The van der Waals surface area contributed by atoms with Crippen molar-refractivity contribution >= 4 is 31.7 Å². The molecular weight excluding hydrogens is 428 g/mol. The van der Waals surface area contributed by atoms with E-state index in [0.717, 1.165) is 29.4 Å². The van der Waals surface area contributed by atoms with Crippen LogP contribution in [0.3, 0.4) is 0 Å². The van der Waals surface area contributed by atoms with E-state index in [9.17, 15) is 8.42 Å². The molecule has 0 radical (unpaired) electrons. The smallest absolute Gasteiger partial charge is 0.283 e. The zero-order valence-electron chi connectivity index (χ0n) is 14.9. The number of fused-ring (bicyclic) bond motifs is 1. The number of likely N-dealkylation sites (tertiary alicyclic amines) is 1. The van der Waals surface area contributed by atoms with Crippen LogP contribution in [0.4, 0.5) is 0 Å². The molecule has 0 N–H and O–H groups in total. The molecule has 1 saturated heterocycles. The van der Waals surface area contributed by atoms with Gasteiger partial charge in [-0.15, -0.1) is 0 Å². The lowest BCUT2D eigenvalue weighted by atomic mass is 10.0. The van der Waals surface area contributed by atoms with Crippen molar-refractivity contribution in [2.24, 2.45) is 4.40 Å². The number of unbranched alkanes of at least 4 members (excludes halogenated alkanes) is 1. The van der Waals surface area contributed by atoms with Crippen molar-refractivity contribution in [3.05, 3.63) is 58.1 Å². The highest BCUT2D eigenvalue weighted by atomic mass is 79.9. The quantitative estimate of drug-likeness (QED) is 0.603. The second-order valence-corrected chi connectivity index (χ2v) is 9.32. The molecule has 0 bridgehead atoms. The second-order valence-electron chi connectivity index (χ2n) is 6.83. The fraction of sp³-hybridized carbons (Fsp3) is 0.350. The molecule has 142 valence electrons. The molecule has 7 heteroatoms. The van der Waals surface area contributed by atoms with Gasteiger partial charge in [-0.25, -0.2) is 0 Å². The number of benzene rings is 2. The third-order valence-corrected chi connectivity index (χ3v) is 6.75. The zero-order chi connectivity index (χ0) is 18.9. The van der Waals surface area contributed by atoms with Crippen LogP contribution in [0.15, 0.2) is 56.2 Å². The maximum Gasteiger partial charge on any atom is 0.283 e. The van der Waals surface area contributed by atoms with Crippen LogP contribution < -0.4 is 4.74 Å². The molecule has 2 aliphatic rings. The summed E-state index contributed by atoms with van der Waals surface area (Å²) in [6.07, 6.45) is 3.37. The molecule has 0 unspecified atom stereocenters. The molecule has 2 aromatic rings. The SMILES string of the molecule is O=S1(=O)N=C(c2ccc(Br)cc2)c2ccc(OCCCCN3CCC3)cc21. The van der Waals surface area contributed by atoms with E-state index in [1.54, 1.807) is 12.1 Å². The van der Waals surface area contributed by atoms with Gasteiger partial charge in [0.25, 0.3) is 10.0 Å². The monoisotopic (exact) mass is 448 g/mol. The molecule has 0 aromatic heterocycles. The molecule has 0 atom stereocenters. The van der Waals surface area contributed by atoms with Gasteiger partial charge < -0.3 is 9.64 Å². The summed E-state index contributed by atoms with van der Waals surface area (Å²) in [6, 6.07) is 12.7. The maximum atomic E-state index is 12.5. The number of rotatable bonds is 7. The third kappa shape index (κ3) is 4.10. The van der Waals surface area contributed by atoms with Crippen molar-refractivity contribution in [1.82, 2.24) is 4.90 Å². The van der Waals surface area contributed by atoms with E-state index in [1.165, 1.54) is 19.5 Å². The molecule has 0 saturated carbocycles. The fourth-order valence-electron chi connectivity index (χ4n) is 3.27. The van der Waals surface area contributed by atoms with E-state index in [-0.39, 0.29) is 4.90 Å². The molecule has 27 heavy (non-hydrogen) atoms. The first kappa shape index (κ1) is 18.7. The molecule has 4 rings (SSSR count). The van der Waals surface area contributed by atoms with Gasteiger partial charge in [-0.1, -0.05) is 28.1 Å². The Morgan fingerprint density at radius 2 is 1.85 bits per heavy atom. The Morgan fingerprint density at radius 3 is 2.56 bits per heavy atom. The van der Waals surface area contributed by atoms with Crippen LogP contribution in [0.2, 0.25) is 0 Å². The summed E-state index contributed by atoms with van der Waals surface area (Å²) in [5.41, 5.74) is 1.89. The summed E-state index contributed by atoms with van der Waals surface area (Å²) in [6.45, 7) is 4.13. The van der Waals surface area contributed by atoms with Crippen LogP contribution in [-0.2, 0) is 10.0 Å². The van der Waals surface area contributed by atoms with E-state index in [1.807, 2.05) is 30.3 Å². The normalized spacial score (nSPS) is 17.9. The Morgan fingerprint density at radius 1 is 1.07 bits per heavy atom. The van der Waals surface area contributed by atoms with Gasteiger partial charge in [0.1, 0.15) is 10.6 Å². The van der Waals surface area contributed by atoms with E-state index in [4.69, 9.17) is 4.74 Å². The van der Waals surface area contributed by atoms with E-state index in [0.29, 0.717) is 23.6 Å². The highest BCUT2D eigenvalue weighted by Crippen LogP contribution is 2.32. The van der Waals surface area contributed by atoms with Crippen molar-refractivity contribution < 1.29 is 13.2 Å². The summed E-state index contributed by atoms with van der Waals surface area (Å²) in [5.74, 6) is 0.577. The van der Waals surface area contributed by atoms with Crippen LogP contribution in [-0.4, -0.2) is 45.3 Å². The van der Waals surface area contributed by atoms with Gasteiger partial charge in [-0.2, -0.15) is 12.8 Å². The lowest BCUT2D eigenvalue weighted by Crippen LogP contribution is -2.37. The number of sulfonamides is 1. The van der Waals surface area contributed by atoms with Gasteiger partial charge in [0.2, 0.25) is 0 Å². The maximum absolute atomic E-state index is 12.5. The van der Waals surface area contributed by atoms with Gasteiger partial charge >= 0.3 is 0 Å². The summed E-state index contributed by atoms with van der Waals surface area (Å²) >= 11 is 3.39. The van der Waals surface area contributed by atoms with Crippen LogP contribution in [0.1, 0.15) is 30.4 Å². The molecule has 5 nitrogen and oxygen atoms in total. The molecule has 0 amide bonds. The van der Waals surface area contributed by atoms with Crippen molar-refractivity contribution in [3.63, 3.8) is 0 Å². The van der Waals surface area contributed by atoms with Gasteiger partial charge in [0.05, 0.1) is 12.3 Å². The Hall–Kier alpha value is -1.70. The van der Waals surface area contributed by atoms with Crippen LogP contribution >= 0.6 is 15.9 Å². The Balaban J connectivity index is 1.44. The van der Waals surface area contributed by atoms with Crippen LogP contribution in [0, 0.1) is 0 Å². The highest BCUT2D eigenvalue weighted by Gasteiger charge is 2.30. The van der Waals surface area contributed by atoms with Crippen molar-refractivity contribution in [1.29, 1.82) is 0 Å². The Kier molecular flexibility index (Phi) is 5.34. The summed E-state index contributed by atoms with van der Waals surface area (Å²) in [7, 11) is -3.69. The fourth-order valence-corrected chi connectivity index (χ4v) is 4.78. The predicted molar refractivity (Wildman–Crippen MR) is 109 cm³/mol. The first-order chi connectivity index (χ1) is 13.0. The lowest BCUT2D eigenvalue weighted by molar-refractivity contribution is 0.173. The molecule has 0 spiro atoms. The average Bonchev–Trinajstić information content (AvgIpc) is 2.88. The van der Waals surface area contributed by atoms with Crippen LogP contribution in [0.5, 0.6) is 5.75 Å². The Bertz CT molecular complexity index is 967. The van der Waals surface area contributed by atoms with Gasteiger partial charge in [0.15, 0.2) is 0 Å². The average molecular weight is 449 g/mol. The number of ether oxygens (including phenoxy) is 1. The van der Waals surface area contributed by atoms with Gasteiger partial charge in [0, 0.05) is 21.7 Å². The number of halogens is 1. The number of hydrogen-bond acceptors (Lipinski definition) is 4. The molecular formula is C20H21BrN2O3S. The summed E-state index contributed by atoms with van der Waals surface area (Å²) in [4.78, 5) is 2.65. The first-order valence-corrected chi connectivity index (χ1v) is 11.4. The second kappa shape index (κ2) is 7.73. The molecule has 0 aliphatic carbocycles. The molecule has 1 fully saturated rings. The molecule has 2 aromatic carbocycles. The standard InChI is InChI=1S/C20H21BrN2O3S/c21-16-6-4-15(5-7-16)20-18-9-8-17(14-19(18)27(24,25)22-20)26-13-2-1-10-23-11-3-12-23/h4-9,14H,1-3,10-13H2. The minimum Gasteiger partial charge on any atom is -0.494 e. The molecule has 2 heterocycles. The zero-order valence-corrected chi connectivity index (χ0v) is 17.3. The number of hydrogen-bond donors (Lipinski definition) is 0. The minimum atomic E-state index is -3.69.